The highest BCUT2D eigenvalue weighted by molar-refractivity contribution is 6.10. The van der Waals surface area contributed by atoms with Gasteiger partial charge in [-0.05, 0) is 34.9 Å². The maximum absolute atomic E-state index is 13.7. The lowest BCUT2D eigenvalue weighted by Crippen LogP contribution is -2.08. The fraction of sp³-hybridized carbons (Fsp3) is 0.105. The largest absolute Gasteiger partial charge is 0.294 e. The monoisotopic (exact) mass is 278 g/mol. The van der Waals surface area contributed by atoms with Gasteiger partial charge < -0.3 is 0 Å². The molecular weight excluding hydrogens is 263 g/mol. The van der Waals surface area contributed by atoms with Crippen molar-refractivity contribution in [3.05, 3.63) is 83.2 Å². The third-order valence-electron chi connectivity index (χ3n) is 3.73. The van der Waals surface area contributed by atoms with E-state index >= 15 is 0 Å². The normalized spacial score (nSPS) is 10.8. The molecular formula is C19H15FO. The molecule has 1 nitrogen and oxygen atoms in total. The number of carbonyl (C=O) groups is 1. The van der Waals surface area contributed by atoms with E-state index in [0.29, 0.717) is 11.1 Å². The average Bonchev–Trinajstić information content (AvgIpc) is 2.49. The number of Topliss-reactive ketones (excluding diaryl/α,β-unsaturated/α-hetero) is 1. The molecule has 0 N–H and O–H groups in total. The quantitative estimate of drug-likeness (QED) is 0.634. The molecule has 0 aliphatic heterocycles. The Morgan fingerprint density at radius 2 is 1.67 bits per heavy atom. The molecule has 0 aliphatic carbocycles. The molecule has 0 unspecified atom stereocenters. The van der Waals surface area contributed by atoms with Gasteiger partial charge in [0.05, 0.1) is 0 Å². The van der Waals surface area contributed by atoms with Gasteiger partial charge in [0.2, 0.25) is 0 Å². The molecule has 104 valence electrons. The van der Waals surface area contributed by atoms with Gasteiger partial charge >= 0.3 is 0 Å². The Hall–Kier alpha value is -2.48. The number of hydrogen-bond acceptors (Lipinski definition) is 1. The van der Waals surface area contributed by atoms with Crippen molar-refractivity contribution < 1.29 is 9.18 Å². The number of fused-ring (bicyclic) bond motifs is 1. The van der Waals surface area contributed by atoms with Crippen LogP contribution in [0.15, 0.2) is 60.7 Å². The minimum absolute atomic E-state index is 0.0469. The number of halogens is 1. The summed E-state index contributed by atoms with van der Waals surface area (Å²) in [4.78, 5) is 12.6. The summed E-state index contributed by atoms with van der Waals surface area (Å²) in [7, 11) is 0. The predicted octanol–water partition coefficient (Wildman–Crippen LogP) is 4.71. The molecule has 0 aliphatic rings. The summed E-state index contributed by atoms with van der Waals surface area (Å²) in [6, 6.07) is 18.2. The van der Waals surface area contributed by atoms with E-state index in [4.69, 9.17) is 0 Å². The SMILES string of the molecule is Cc1ccc2ccccc2c1C(=O)Cc1ccccc1F. The summed E-state index contributed by atoms with van der Waals surface area (Å²) in [6.07, 6.45) is 0.0848. The third kappa shape index (κ3) is 2.57. The second-order valence-corrected chi connectivity index (χ2v) is 5.17. The Morgan fingerprint density at radius 1 is 0.952 bits per heavy atom. The van der Waals surface area contributed by atoms with Crippen LogP contribution in [0, 0.1) is 12.7 Å². The van der Waals surface area contributed by atoms with Crippen LogP contribution in [0.4, 0.5) is 4.39 Å². The second-order valence-electron chi connectivity index (χ2n) is 5.17. The van der Waals surface area contributed by atoms with Gasteiger partial charge in [-0.2, -0.15) is 0 Å². The van der Waals surface area contributed by atoms with Crippen molar-refractivity contribution in [3.8, 4) is 0 Å². The van der Waals surface area contributed by atoms with Crippen LogP contribution in [0.3, 0.4) is 0 Å². The number of ketones is 1. The molecule has 0 bridgehead atoms. The fourth-order valence-corrected chi connectivity index (χ4v) is 2.65. The highest BCUT2D eigenvalue weighted by atomic mass is 19.1. The van der Waals surface area contributed by atoms with E-state index in [1.165, 1.54) is 6.07 Å². The number of hydrogen-bond donors (Lipinski definition) is 0. The predicted molar refractivity (Wildman–Crippen MR) is 83.1 cm³/mol. The van der Waals surface area contributed by atoms with E-state index in [0.717, 1.165) is 16.3 Å². The highest BCUT2D eigenvalue weighted by Gasteiger charge is 2.15. The van der Waals surface area contributed by atoms with Gasteiger partial charge in [-0.1, -0.05) is 54.6 Å². The minimum atomic E-state index is -0.330. The number of carbonyl (C=O) groups excluding carboxylic acids is 1. The first-order valence-electron chi connectivity index (χ1n) is 6.92. The van der Waals surface area contributed by atoms with E-state index in [1.807, 2.05) is 43.3 Å². The van der Waals surface area contributed by atoms with Crippen molar-refractivity contribution in [2.45, 2.75) is 13.3 Å². The third-order valence-corrected chi connectivity index (χ3v) is 3.73. The first-order valence-corrected chi connectivity index (χ1v) is 6.92. The van der Waals surface area contributed by atoms with E-state index in [9.17, 15) is 9.18 Å². The highest BCUT2D eigenvalue weighted by Crippen LogP contribution is 2.24. The van der Waals surface area contributed by atoms with Crippen LogP contribution in [-0.2, 0) is 6.42 Å². The van der Waals surface area contributed by atoms with Crippen LogP contribution >= 0.6 is 0 Å². The first kappa shape index (κ1) is 13.5. The molecule has 0 saturated carbocycles. The number of aryl methyl sites for hydroxylation is 1. The molecule has 0 amide bonds. The van der Waals surface area contributed by atoms with Crippen LogP contribution in [0.1, 0.15) is 21.5 Å². The maximum atomic E-state index is 13.7. The van der Waals surface area contributed by atoms with E-state index < -0.39 is 0 Å². The van der Waals surface area contributed by atoms with Crippen molar-refractivity contribution in [2.24, 2.45) is 0 Å². The Morgan fingerprint density at radius 3 is 2.48 bits per heavy atom. The minimum Gasteiger partial charge on any atom is -0.294 e. The number of benzene rings is 3. The van der Waals surface area contributed by atoms with Crippen molar-refractivity contribution >= 4 is 16.6 Å². The molecule has 0 heterocycles. The van der Waals surface area contributed by atoms with Crippen LogP contribution in [0.25, 0.3) is 10.8 Å². The second kappa shape index (κ2) is 5.49. The van der Waals surface area contributed by atoms with Crippen molar-refractivity contribution in [3.63, 3.8) is 0 Å². The van der Waals surface area contributed by atoms with Crippen molar-refractivity contribution in [1.82, 2.24) is 0 Å². The van der Waals surface area contributed by atoms with Gasteiger partial charge in [0, 0.05) is 12.0 Å². The van der Waals surface area contributed by atoms with Gasteiger partial charge in [0.15, 0.2) is 5.78 Å². The lowest BCUT2D eigenvalue weighted by atomic mass is 9.93. The number of rotatable bonds is 3. The van der Waals surface area contributed by atoms with Gasteiger partial charge in [-0.25, -0.2) is 4.39 Å². The van der Waals surface area contributed by atoms with E-state index in [1.54, 1.807) is 18.2 Å². The van der Waals surface area contributed by atoms with Gasteiger partial charge in [-0.15, -0.1) is 0 Å². The zero-order chi connectivity index (χ0) is 14.8. The van der Waals surface area contributed by atoms with E-state index in [-0.39, 0.29) is 18.0 Å². The zero-order valence-electron chi connectivity index (χ0n) is 11.8. The Bertz CT molecular complexity index is 821. The lowest BCUT2D eigenvalue weighted by molar-refractivity contribution is 0.0993. The van der Waals surface area contributed by atoms with Crippen molar-refractivity contribution in [1.29, 1.82) is 0 Å². The summed E-state index contributed by atoms with van der Waals surface area (Å²) in [5, 5.41) is 1.96. The van der Waals surface area contributed by atoms with E-state index in [2.05, 4.69) is 0 Å². The molecule has 0 fully saturated rings. The topological polar surface area (TPSA) is 17.1 Å². The summed E-state index contributed by atoms with van der Waals surface area (Å²) in [5.41, 5.74) is 2.06. The molecule has 21 heavy (non-hydrogen) atoms. The fourth-order valence-electron chi connectivity index (χ4n) is 2.65. The standard InChI is InChI=1S/C19H15FO/c1-13-10-11-14-6-2-4-8-16(14)19(13)18(21)12-15-7-3-5-9-17(15)20/h2-11H,12H2,1H3. The zero-order valence-corrected chi connectivity index (χ0v) is 11.8. The summed E-state index contributed by atoms with van der Waals surface area (Å²) in [5.74, 6) is -0.377. The first-order chi connectivity index (χ1) is 10.2. The van der Waals surface area contributed by atoms with Gasteiger partial charge in [0.25, 0.3) is 0 Å². The maximum Gasteiger partial charge on any atom is 0.168 e. The van der Waals surface area contributed by atoms with Gasteiger partial charge in [-0.3, -0.25) is 4.79 Å². The van der Waals surface area contributed by atoms with Gasteiger partial charge in [0.1, 0.15) is 5.82 Å². The molecule has 0 spiro atoms. The molecule has 0 aromatic heterocycles. The molecule has 2 heteroatoms. The molecule has 0 atom stereocenters. The average molecular weight is 278 g/mol. The van der Waals surface area contributed by atoms with Crippen LogP contribution in [0.5, 0.6) is 0 Å². The Kier molecular flexibility index (Phi) is 3.53. The summed E-state index contributed by atoms with van der Waals surface area (Å²) < 4.78 is 13.7. The summed E-state index contributed by atoms with van der Waals surface area (Å²) in [6.45, 7) is 1.92. The lowest BCUT2D eigenvalue weighted by Gasteiger charge is -2.10. The molecule has 3 aromatic rings. The van der Waals surface area contributed by atoms with Crippen LogP contribution in [-0.4, -0.2) is 5.78 Å². The van der Waals surface area contributed by atoms with Crippen LogP contribution in [0.2, 0.25) is 0 Å². The van der Waals surface area contributed by atoms with Crippen LogP contribution < -0.4 is 0 Å². The Balaban J connectivity index is 2.06. The molecule has 0 radical (unpaired) electrons. The Labute approximate surface area is 123 Å². The van der Waals surface area contributed by atoms with Crippen molar-refractivity contribution in [2.75, 3.05) is 0 Å². The smallest absolute Gasteiger partial charge is 0.168 e. The molecule has 0 saturated heterocycles. The molecule has 3 aromatic carbocycles. The molecule has 3 rings (SSSR count). The summed E-state index contributed by atoms with van der Waals surface area (Å²) >= 11 is 0.